The molecule has 1 fully saturated rings. The quantitative estimate of drug-likeness (QED) is 0.812. The van der Waals surface area contributed by atoms with E-state index >= 15 is 0 Å². The van der Waals surface area contributed by atoms with Crippen molar-refractivity contribution in [3.63, 3.8) is 0 Å². The van der Waals surface area contributed by atoms with Gasteiger partial charge in [0.15, 0.2) is 5.54 Å². The molecule has 6 nitrogen and oxygen atoms in total. The van der Waals surface area contributed by atoms with E-state index in [-0.39, 0.29) is 12.5 Å². The highest BCUT2D eigenvalue weighted by Gasteiger charge is 2.55. The van der Waals surface area contributed by atoms with E-state index in [9.17, 15) is 14.7 Å². The Morgan fingerprint density at radius 1 is 1.19 bits per heavy atom. The second-order valence-electron chi connectivity index (χ2n) is 6.38. The number of amides is 3. The van der Waals surface area contributed by atoms with Gasteiger partial charge in [-0.3, -0.25) is 9.69 Å². The molecule has 2 heterocycles. The number of carbonyl (C=O) groups is 2. The lowest BCUT2D eigenvalue weighted by Gasteiger charge is -2.33. The maximum absolute atomic E-state index is 13.2. The number of rotatable bonds is 3. The van der Waals surface area contributed by atoms with Crippen molar-refractivity contribution in [3.05, 3.63) is 64.7 Å². The van der Waals surface area contributed by atoms with Gasteiger partial charge < -0.3 is 15.2 Å². The molecule has 2 unspecified atom stereocenters. The molecule has 0 radical (unpaired) electrons. The standard InChI is InChI=1S/C19H17ClN2O4/c20-14-7-3-1-5-12(14)15(23)11-22-17(24)19(21-18(22)25)9-10-26-16-8-4-2-6-13(16)19/h1-8,15,23H,9-11H2,(H,21,25). The molecule has 26 heavy (non-hydrogen) atoms. The molecular weight excluding hydrogens is 356 g/mol. The van der Waals surface area contributed by atoms with Crippen molar-refractivity contribution < 1.29 is 19.4 Å². The van der Waals surface area contributed by atoms with E-state index < -0.39 is 17.7 Å². The van der Waals surface area contributed by atoms with Crippen LogP contribution in [0.4, 0.5) is 4.79 Å². The van der Waals surface area contributed by atoms with Gasteiger partial charge in [-0.05, 0) is 12.1 Å². The van der Waals surface area contributed by atoms with Gasteiger partial charge in [-0.25, -0.2) is 4.79 Å². The SMILES string of the molecule is O=C1NC2(CCOc3ccccc32)C(=O)N1CC(O)c1ccccc1Cl. The second kappa shape index (κ2) is 6.30. The first-order valence-corrected chi connectivity index (χ1v) is 8.69. The molecule has 3 amide bonds. The topological polar surface area (TPSA) is 78.9 Å². The maximum atomic E-state index is 13.2. The highest BCUT2D eigenvalue weighted by molar-refractivity contribution is 6.31. The summed E-state index contributed by atoms with van der Waals surface area (Å²) in [6.45, 7) is 0.156. The van der Waals surface area contributed by atoms with E-state index in [1.54, 1.807) is 42.5 Å². The molecule has 0 bridgehead atoms. The molecule has 2 aromatic rings. The Labute approximate surface area is 155 Å². The molecule has 2 aliphatic heterocycles. The Kier molecular flexibility index (Phi) is 4.09. The number of aliphatic hydroxyl groups is 1. The molecule has 1 saturated heterocycles. The number of benzene rings is 2. The van der Waals surface area contributed by atoms with E-state index in [2.05, 4.69) is 5.32 Å². The van der Waals surface area contributed by atoms with Crippen LogP contribution in [0.3, 0.4) is 0 Å². The van der Waals surface area contributed by atoms with Crippen LogP contribution in [-0.4, -0.2) is 35.1 Å². The maximum Gasteiger partial charge on any atom is 0.325 e. The van der Waals surface area contributed by atoms with E-state index in [0.717, 1.165) is 4.90 Å². The summed E-state index contributed by atoms with van der Waals surface area (Å²) in [5, 5.41) is 13.7. The van der Waals surface area contributed by atoms with Gasteiger partial charge in [-0.2, -0.15) is 0 Å². The lowest BCUT2D eigenvalue weighted by molar-refractivity contribution is -0.133. The molecule has 4 rings (SSSR count). The van der Waals surface area contributed by atoms with Crippen LogP contribution in [0.15, 0.2) is 48.5 Å². The number of β-amino-alcohol motifs (C(OH)–C–C–N with tert-alkyl or cyclic N) is 1. The van der Waals surface area contributed by atoms with Crippen molar-refractivity contribution in [1.29, 1.82) is 0 Å². The molecule has 134 valence electrons. The second-order valence-corrected chi connectivity index (χ2v) is 6.79. The number of ether oxygens (including phenoxy) is 1. The third-order valence-electron chi connectivity index (χ3n) is 4.88. The summed E-state index contributed by atoms with van der Waals surface area (Å²) in [5.41, 5.74) is -0.0333. The Bertz CT molecular complexity index is 887. The largest absolute Gasteiger partial charge is 0.493 e. The molecule has 0 aromatic heterocycles. The van der Waals surface area contributed by atoms with Gasteiger partial charge in [-0.1, -0.05) is 48.0 Å². The molecule has 2 aromatic carbocycles. The predicted octanol–water partition coefficient (Wildman–Crippen LogP) is 2.60. The number of imide groups is 1. The summed E-state index contributed by atoms with van der Waals surface area (Å²) in [5.74, 6) is 0.199. The van der Waals surface area contributed by atoms with E-state index in [1.807, 2.05) is 6.07 Å². The number of fused-ring (bicyclic) bond motifs is 2. The monoisotopic (exact) mass is 372 g/mol. The number of carbonyl (C=O) groups excluding carboxylic acids is 2. The number of hydrogen-bond acceptors (Lipinski definition) is 4. The zero-order valence-electron chi connectivity index (χ0n) is 13.8. The van der Waals surface area contributed by atoms with Gasteiger partial charge in [-0.15, -0.1) is 0 Å². The molecular formula is C19H17ClN2O4. The Hall–Kier alpha value is -2.57. The number of nitrogens with zero attached hydrogens (tertiary/aromatic N) is 1. The predicted molar refractivity (Wildman–Crippen MR) is 94.9 cm³/mol. The van der Waals surface area contributed by atoms with Crippen LogP contribution in [0.1, 0.15) is 23.7 Å². The van der Waals surface area contributed by atoms with Crippen LogP contribution < -0.4 is 10.1 Å². The van der Waals surface area contributed by atoms with Crippen LogP contribution in [-0.2, 0) is 10.3 Å². The minimum Gasteiger partial charge on any atom is -0.493 e. The normalized spacial score (nSPS) is 22.8. The third-order valence-corrected chi connectivity index (χ3v) is 5.22. The molecule has 0 aliphatic carbocycles. The van der Waals surface area contributed by atoms with Crippen molar-refractivity contribution in [1.82, 2.24) is 10.2 Å². The molecule has 2 N–H and O–H groups in total. The van der Waals surface area contributed by atoms with E-state index in [4.69, 9.17) is 16.3 Å². The zero-order valence-corrected chi connectivity index (χ0v) is 14.6. The number of para-hydroxylation sites is 1. The summed E-state index contributed by atoms with van der Waals surface area (Å²) < 4.78 is 5.61. The smallest absolute Gasteiger partial charge is 0.325 e. The first-order valence-electron chi connectivity index (χ1n) is 8.32. The minimum atomic E-state index is -1.15. The van der Waals surface area contributed by atoms with Gasteiger partial charge in [0.2, 0.25) is 0 Å². The molecule has 2 aliphatic rings. The Morgan fingerprint density at radius 3 is 2.73 bits per heavy atom. The van der Waals surface area contributed by atoms with Crippen molar-refractivity contribution in [3.8, 4) is 5.75 Å². The number of urea groups is 1. The molecule has 0 saturated carbocycles. The fourth-order valence-corrected chi connectivity index (χ4v) is 3.82. The summed E-state index contributed by atoms with van der Waals surface area (Å²) >= 11 is 6.11. The van der Waals surface area contributed by atoms with Crippen molar-refractivity contribution in [2.75, 3.05) is 13.2 Å². The lowest BCUT2D eigenvalue weighted by Crippen LogP contribution is -2.47. The van der Waals surface area contributed by atoms with E-state index in [1.165, 1.54) is 0 Å². The molecule has 7 heteroatoms. The van der Waals surface area contributed by atoms with Crippen LogP contribution in [0.2, 0.25) is 5.02 Å². The summed E-state index contributed by atoms with van der Waals surface area (Å²) in [6.07, 6.45) is -0.726. The molecule has 2 atom stereocenters. The van der Waals surface area contributed by atoms with Crippen LogP contribution in [0.25, 0.3) is 0 Å². The van der Waals surface area contributed by atoms with Crippen LogP contribution >= 0.6 is 11.6 Å². The van der Waals surface area contributed by atoms with Crippen LogP contribution in [0, 0.1) is 0 Å². The number of halogens is 1. The number of nitrogens with one attached hydrogen (secondary N) is 1. The Morgan fingerprint density at radius 2 is 1.92 bits per heavy atom. The Balaban J connectivity index is 1.64. The summed E-state index contributed by atoms with van der Waals surface area (Å²) in [6, 6.07) is 13.5. The van der Waals surface area contributed by atoms with Crippen LogP contribution in [0.5, 0.6) is 5.75 Å². The van der Waals surface area contributed by atoms with Crippen molar-refractivity contribution in [2.24, 2.45) is 0 Å². The highest BCUT2D eigenvalue weighted by atomic mass is 35.5. The molecule has 1 spiro atoms. The average Bonchev–Trinajstić information content (AvgIpc) is 2.87. The fourth-order valence-electron chi connectivity index (χ4n) is 3.55. The zero-order chi connectivity index (χ0) is 18.3. The van der Waals surface area contributed by atoms with Gasteiger partial charge >= 0.3 is 6.03 Å². The van der Waals surface area contributed by atoms with Gasteiger partial charge in [0.25, 0.3) is 5.91 Å². The highest BCUT2D eigenvalue weighted by Crippen LogP contribution is 2.41. The van der Waals surface area contributed by atoms with Crippen molar-refractivity contribution >= 4 is 23.5 Å². The van der Waals surface area contributed by atoms with Gasteiger partial charge in [0.1, 0.15) is 5.75 Å². The third kappa shape index (κ3) is 2.53. The van der Waals surface area contributed by atoms with Gasteiger partial charge in [0, 0.05) is 22.6 Å². The fraction of sp³-hybridized carbons (Fsp3) is 0.263. The number of aliphatic hydroxyl groups excluding tert-OH is 1. The van der Waals surface area contributed by atoms with Gasteiger partial charge in [0.05, 0.1) is 19.3 Å². The summed E-state index contributed by atoms with van der Waals surface area (Å²) in [7, 11) is 0. The van der Waals surface area contributed by atoms with E-state index in [0.29, 0.717) is 34.9 Å². The van der Waals surface area contributed by atoms with Crippen molar-refractivity contribution in [2.45, 2.75) is 18.1 Å². The number of hydrogen-bond donors (Lipinski definition) is 2. The summed E-state index contributed by atoms with van der Waals surface area (Å²) in [4.78, 5) is 26.7. The average molecular weight is 373 g/mol. The minimum absolute atomic E-state index is 0.167. The lowest BCUT2D eigenvalue weighted by atomic mass is 9.84. The first-order chi connectivity index (χ1) is 12.5. The first kappa shape index (κ1) is 16.9.